The van der Waals surface area contributed by atoms with Gasteiger partial charge in [-0.3, -0.25) is 4.79 Å². The van der Waals surface area contributed by atoms with Gasteiger partial charge in [-0.25, -0.2) is 8.42 Å². The molecule has 0 aliphatic rings. The molecule has 23 heavy (non-hydrogen) atoms. The Hall–Kier alpha value is -1.70. The van der Waals surface area contributed by atoms with Crippen molar-refractivity contribution in [1.29, 1.82) is 0 Å². The van der Waals surface area contributed by atoms with Crippen LogP contribution < -0.4 is 10.0 Å². The van der Waals surface area contributed by atoms with Crippen molar-refractivity contribution in [3.05, 3.63) is 64.6 Å². The lowest BCUT2D eigenvalue weighted by molar-refractivity contribution is -0.122. The summed E-state index contributed by atoms with van der Waals surface area (Å²) in [6.07, 6.45) is 0. The maximum atomic E-state index is 12.2. The number of nitrogens with one attached hydrogen (secondary N) is 2. The molecule has 0 saturated heterocycles. The second-order valence-corrected chi connectivity index (χ2v) is 7.63. The summed E-state index contributed by atoms with van der Waals surface area (Å²) < 4.78 is 27.6. The normalized spacial score (nSPS) is 12.6. The molecular formula is C16H17BrN2O3S. The lowest BCUT2D eigenvalue weighted by Gasteiger charge is -2.14. The molecule has 1 amide bonds. The fourth-order valence-corrected chi connectivity index (χ4v) is 3.37. The van der Waals surface area contributed by atoms with Gasteiger partial charge >= 0.3 is 0 Å². The Balaban J connectivity index is 1.96. The molecule has 7 heteroatoms. The fraction of sp³-hybridized carbons (Fsp3) is 0.188. The van der Waals surface area contributed by atoms with Crippen LogP contribution in [0.3, 0.4) is 0 Å². The summed E-state index contributed by atoms with van der Waals surface area (Å²) in [6.45, 7) is 1.86. The van der Waals surface area contributed by atoms with Crippen molar-refractivity contribution in [2.45, 2.75) is 24.4 Å². The molecule has 0 bridgehead atoms. The first kappa shape index (κ1) is 17.7. The number of carbonyl (C=O) groups excluding carboxylic acids is 1. The lowest BCUT2D eigenvalue weighted by Crippen LogP contribution is -2.44. The predicted molar refractivity (Wildman–Crippen MR) is 92.2 cm³/mol. The number of hydrogen-bond donors (Lipinski definition) is 2. The first-order chi connectivity index (χ1) is 10.9. The maximum absolute atomic E-state index is 12.2. The summed E-state index contributed by atoms with van der Waals surface area (Å²) in [4.78, 5) is 12.1. The van der Waals surface area contributed by atoms with Crippen LogP contribution in [0, 0.1) is 0 Å². The molecule has 1 atom stereocenters. The molecule has 0 radical (unpaired) electrons. The molecule has 0 aliphatic heterocycles. The quantitative estimate of drug-likeness (QED) is 0.786. The second kappa shape index (κ2) is 7.72. The Labute approximate surface area is 144 Å². The molecule has 2 aromatic carbocycles. The van der Waals surface area contributed by atoms with Gasteiger partial charge in [0.2, 0.25) is 15.9 Å². The average Bonchev–Trinajstić information content (AvgIpc) is 2.53. The van der Waals surface area contributed by atoms with Gasteiger partial charge in [0.1, 0.15) is 0 Å². The van der Waals surface area contributed by atoms with E-state index in [-0.39, 0.29) is 10.8 Å². The highest BCUT2D eigenvalue weighted by atomic mass is 79.9. The molecule has 122 valence electrons. The zero-order valence-corrected chi connectivity index (χ0v) is 14.9. The highest BCUT2D eigenvalue weighted by Crippen LogP contribution is 2.14. The van der Waals surface area contributed by atoms with Crippen LogP contribution in [0.5, 0.6) is 0 Å². The van der Waals surface area contributed by atoms with Crippen LogP contribution in [0.1, 0.15) is 12.5 Å². The second-order valence-electron chi connectivity index (χ2n) is 5.00. The molecule has 0 fully saturated rings. The monoisotopic (exact) mass is 396 g/mol. The smallest absolute Gasteiger partial charge is 0.241 e. The van der Waals surface area contributed by atoms with E-state index in [0.29, 0.717) is 6.54 Å². The van der Waals surface area contributed by atoms with Crippen molar-refractivity contribution in [1.82, 2.24) is 10.0 Å². The number of halogens is 1. The molecule has 0 heterocycles. The summed E-state index contributed by atoms with van der Waals surface area (Å²) >= 11 is 3.25. The Morgan fingerprint density at radius 1 is 1.09 bits per heavy atom. The Bertz CT molecular complexity index is 762. The third-order valence-electron chi connectivity index (χ3n) is 3.16. The third-order valence-corrected chi connectivity index (χ3v) is 5.24. The molecule has 2 aromatic rings. The van der Waals surface area contributed by atoms with E-state index in [4.69, 9.17) is 0 Å². The number of rotatable bonds is 6. The van der Waals surface area contributed by atoms with Gasteiger partial charge < -0.3 is 5.32 Å². The minimum absolute atomic E-state index is 0.114. The fourth-order valence-electron chi connectivity index (χ4n) is 1.91. The zero-order chi connectivity index (χ0) is 16.9. The topological polar surface area (TPSA) is 75.3 Å². The predicted octanol–water partition coefficient (Wildman–Crippen LogP) is 2.43. The molecule has 2 rings (SSSR count). The Morgan fingerprint density at radius 3 is 2.30 bits per heavy atom. The van der Waals surface area contributed by atoms with Crippen LogP contribution in [-0.4, -0.2) is 20.4 Å². The number of hydrogen-bond acceptors (Lipinski definition) is 3. The Kier molecular flexibility index (Phi) is 5.92. The van der Waals surface area contributed by atoms with Crippen molar-refractivity contribution < 1.29 is 13.2 Å². The first-order valence-corrected chi connectivity index (χ1v) is 9.25. The number of benzene rings is 2. The van der Waals surface area contributed by atoms with E-state index >= 15 is 0 Å². The van der Waals surface area contributed by atoms with E-state index in [0.717, 1.165) is 10.0 Å². The lowest BCUT2D eigenvalue weighted by atomic mass is 10.2. The van der Waals surface area contributed by atoms with Gasteiger partial charge in [-0.1, -0.05) is 46.3 Å². The van der Waals surface area contributed by atoms with Crippen LogP contribution in [0.15, 0.2) is 64.0 Å². The molecule has 0 aliphatic carbocycles. The maximum Gasteiger partial charge on any atom is 0.241 e. The van der Waals surface area contributed by atoms with E-state index in [1.54, 1.807) is 12.1 Å². The minimum Gasteiger partial charge on any atom is -0.351 e. The van der Waals surface area contributed by atoms with Gasteiger partial charge in [0.25, 0.3) is 0 Å². The van der Waals surface area contributed by atoms with Crippen LogP contribution >= 0.6 is 15.9 Å². The standard InChI is InChI=1S/C16H17BrN2O3S/c1-12(16(20)18-11-13-5-3-2-4-6-13)19-23(21,22)15-9-7-14(17)8-10-15/h2-10,12,19H,11H2,1H3,(H,18,20)/t12-/m0/s1. The van der Waals surface area contributed by atoms with Gasteiger partial charge in [-0.05, 0) is 36.8 Å². The van der Waals surface area contributed by atoms with Crippen molar-refractivity contribution in [3.8, 4) is 0 Å². The van der Waals surface area contributed by atoms with Gasteiger partial charge in [0, 0.05) is 11.0 Å². The van der Waals surface area contributed by atoms with E-state index in [1.165, 1.54) is 19.1 Å². The van der Waals surface area contributed by atoms with E-state index in [1.807, 2.05) is 30.3 Å². The van der Waals surface area contributed by atoms with Crippen LogP contribution in [0.4, 0.5) is 0 Å². The molecule has 0 spiro atoms. The van der Waals surface area contributed by atoms with E-state index in [9.17, 15) is 13.2 Å². The van der Waals surface area contributed by atoms with Crippen LogP contribution in [0.2, 0.25) is 0 Å². The van der Waals surface area contributed by atoms with Crippen LogP contribution in [0.25, 0.3) is 0 Å². The summed E-state index contributed by atoms with van der Waals surface area (Å²) in [7, 11) is -3.74. The number of sulfonamides is 1. The van der Waals surface area contributed by atoms with Crippen molar-refractivity contribution >= 4 is 31.9 Å². The first-order valence-electron chi connectivity index (χ1n) is 6.98. The van der Waals surface area contributed by atoms with Crippen molar-refractivity contribution in [3.63, 3.8) is 0 Å². The molecular weight excluding hydrogens is 380 g/mol. The number of carbonyl (C=O) groups is 1. The molecule has 0 aromatic heterocycles. The van der Waals surface area contributed by atoms with E-state index < -0.39 is 16.1 Å². The zero-order valence-electron chi connectivity index (χ0n) is 12.5. The van der Waals surface area contributed by atoms with Crippen molar-refractivity contribution in [2.24, 2.45) is 0 Å². The Morgan fingerprint density at radius 2 is 1.70 bits per heavy atom. The molecule has 5 nitrogen and oxygen atoms in total. The largest absolute Gasteiger partial charge is 0.351 e. The number of amides is 1. The van der Waals surface area contributed by atoms with Gasteiger partial charge in [-0.15, -0.1) is 0 Å². The molecule has 0 saturated carbocycles. The average molecular weight is 397 g/mol. The summed E-state index contributed by atoms with van der Waals surface area (Å²) in [5.41, 5.74) is 0.948. The molecule has 0 unspecified atom stereocenters. The highest BCUT2D eigenvalue weighted by molar-refractivity contribution is 9.10. The SMILES string of the molecule is C[C@H](NS(=O)(=O)c1ccc(Br)cc1)C(=O)NCc1ccccc1. The minimum atomic E-state index is -3.74. The van der Waals surface area contributed by atoms with Crippen molar-refractivity contribution in [2.75, 3.05) is 0 Å². The van der Waals surface area contributed by atoms with E-state index in [2.05, 4.69) is 26.0 Å². The van der Waals surface area contributed by atoms with Gasteiger partial charge in [-0.2, -0.15) is 4.72 Å². The van der Waals surface area contributed by atoms with Gasteiger partial charge in [0.15, 0.2) is 0 Å². The molecule has 2 N–H and O–H groups in total. The summed E-state index contributed by atoms with van der Waals surface area (Å²) in [6, 6.07) is 14.8. The van der Waals surface area contributed by atoms with Gasteiger partial charge in [0.05, 0.1) is 10.9 Å². The summed E-state index contributed by atoms with van der Waals surface area (Å²) in [5.74, 6) is -0.380. The van der Waals surface area contributed by atoms with Crippen LogP contribution in [-0.2, 0) is 21.4 Å². The third kappa shape index (κ3) is 5.16. The summed E-state index contributed by atoms with van der Waals surface area (Å²) in [5, 5.41) is 2.71. The highest BCUT2D eigenvalue weighted by Gasteiger charge is 2.21.